The number of unbranched alkanes of at least 4 members (excludes halogenated alkanes) is 1. The third-order valence-corrected chi connectivity index (χ3v) is 6.00. The minimum absolute atomic E-state index is 0.224. The quantitative estimate of drug-likeness (QED) is 0.554. The van der Waals surface area contributed by atoms with Crippen LogP contribution in [-0.4, -0.2) is 41.7 Å². The molecule has 1 aromatic heterocycles. The van der Waals surface area contributed by atoms with Crippen molar-refractivity contribution in [3.05, 3.63) is 59.7 Å². The standard InChI is InChI=1S/C22H23N3O3S/c1-3-4-8-15-9-7-10-16(13-15)20(26)28-19-14-24(2)22(27)25(19)21-23-17-11-5-6-12-18(17)29-21/h5-7,9-13,19H,3-4,8,14H2,1-2H3. The van der Waals surface area contributed by atoms with Crippen LogP contribution in [-0.2, 0) is 11.2 Å². The Hall–Kier alpha value is -2.93. The number of thiazole rings is 1. The van der Waals surface area contributed by atoms with E-state index in [1.807, 2.05) is 42.5 Å². The van der Waals surface area contributed by atoms with Gasteiger partial charge in [-0.05, 0) is 42.7 Å². The summed E-state index contributed by atoms with van der Waals surface area (Å²) in [6.07, 6.45) is 2.40. The molecular formula is C22H23N3O3S. The molecule has 7 heteroatoms. The van der Waals surface area contributed by atoms with Crippen molar-refractivity contribution in [2.75, 3.05) is 18.5 Å². The molecule has 1 atom stereocenters. The fourth-order valence-electron chi connectivity index (χ4n) is 3.39. The summed E-state index contributed by atoms with van der Waals surface area (Å²) in [5.74, 6) is -0.428. The maximum atomic E-state index is 12.8. The Morgan fingerprint density at radius 3 is 2.86 bits per heavy atom. The van der Waals surface area contributed by atoms with Crippen LogP contribution in [0.25, 0.3) is 10.2 Å². The number of ether oxygens (including phenoxy) is 1. The highest BCUT2D eigenvalue weighted by molar-refractivity contribution is 7.22. The first-order valence-corrected chi connectivity index (χ1v) is 10.6. The predicted octanol–water partition coefficient (Wildman–Crippen LogP) is 4.69. The van der Waals surface area contributed by atoms with Gasteiger partial charge in [0.15, 0.2) is 5.13 Å². The molecule has 2 heterocycles. The van der Waals surface area contributed by atoms with Crippen molar-refractivity contribution >= 4 is 38.7 Å². The highest BCUT2D eigenvalue weighted by atomic mass is 32.1. The largest absolute Gasteiger partial charge is 0.435 e. The van der Waals surface area contributed by atoms with E-state index in [-0.39, 0.29) is 6.03 Å². The second-order valence-electron chi connectivity index (χ2n) is 7.16. The van der Waals surface area contributed by atoms with Gasteiger partial charge in [-0.3, -0.25) is 0 Å². The third-order valence-electron chi connectivity index (χ3n) is 4.96. The van der Waals surface area contributed by atoms with E-state index in [1.165, 1.54) is 16.2 Å². The summed E-state index contributed by atoms with van der Waals surface area (Å²) in [5, 5.41) is 0.537. The molecule has 29 heavy (non-hydrogen) atoms. The van der Waals surface area contributed by atoms with Crippen molar-refractivity contribution in [3.8, 4) is 0 Å². The molecule has 150 valence electrons. The number of urea groups is 1. The molecule has 1 aliphatic heterocycles. The first-order chi connectivity index (χ1) is 14.1. The molecule has 1 unspecified atom stereocenters. The van der Waals surface area contributed by atoms with E-state index < -0.39 is 12.2 Å². The highest BCUT2D eigenvalue weighted by Gasteiger charge is 2.40. The van der Waals surface area contributed by atoms with Crippen molar-refractivity contribution < 1.29 is 14.3 Å². The summed E-state index contributed by atoms with van der Waals surface area (Å²) in [5.41, 5.74) is 2.44. The van der Waals surface area contributed by atoms with Gasteiger partial charge in [-0.15, -0.1) is 0 Å². The lowest BCUT2D eigenvalue weighted by molar-refractivity contribution is 0.0331. The number of rotatable bonds is 6. The Kier molecular flexibility index (Phi) is 5.49. The van der Waals surface area contributed by atoms with Crippen molar-refractivity contribution in [3.63, 3.8) is 0 Å². The fourth-order valence-corrected chi connectivity index (χ4v) is 4.39. The molecule has 0 bridgehead atoms. The highest BCUT2D eigenvalue weighted by Crippen LogP contribution is 2.33. The van der Waals surface area contributed by atoms with Crippen LogP contribution in [0.4, 0.5) is 9.93 Å². The van der Waals surface area contributed by atoms with Gasteiger partial charge >= 0.3 is 12.0 Å². The van der Waals surface area contributed by atoms with Gasteiger partial charge in [-0.1, -0.05) is 48.9 Å². The second kappa shape index (κ2) is 8.21. The van der Waals surface area contributed by atoms with Crippen LogP contribution in [0.2, 0.25) is 0 Å². The molecule has 1 aliphatic rings. The number of likely N-dealkylation sites (N-methyl/N-ethyl adjacent to an activating group) is 1. The van der Waals surface area contributed by atoms with Crippen LogP contribution in [0, 0.1) is 0 Å². The van der Waals surface area contributed by atoms with Gasteiger partial charge in [0.1, 0.15) is 0 Å². The Labute approximate surface area is 173 Å². The van der Waals surface area contributed by atoms with E-state index in [1.54, 1.807) is 18.0 Å². The number of benzene rings is 2. The monoisotopic (exact) mass is 409 g/mol. The molecular weight excluding hydrogens is 386 g/mol. The number of esters is 1. The lowest BCUT2D eigenvalue weighted by Gasteiger charge is -2.20. The summed E-state index contributed by atoms with van der Waals surface area (Å²) in [4.78, 5) is 33.1. The molecule has 4 rings (SSSR count). The van der Waals surface area contributed by atoms with E-state index in [4.69, 9.17) is 4.74 Å². The van der Waals surface area contributed by atoms with Crippen molar-refractivity contribution in [2.45, 2.75) is 32.4 Å². The van der Waals surface area contributed by atoms with Gasteiger partial charge in [-0.2, -0.15) is 0 Å². The molecule has 1 saturated heterocycles. The second-order valence-corrected chi connectivity index (χ2v) is 8.17. The molecule has 3 aromatic rings. The number of fused-ring (bicyclic) bond motifs is 1. The summed E-state index contributed by atoms with van der Waals surface area (Å²) < 4.78 is 6.74. The number of anilines is 1. The number of aryl methyl sites for hydroxylation is 1. The molecule has 2 amide bonds. The van der Waals surface area contributed by atoms with Gasteiger partial charge in [0.05, 0.1) is 22.3 Å². The minimum Gasteiger partial charge on any atom is -0.435 e. The van der Waals surface area contributed by atoms with Crippen molar-refractivity contribution in [1.29, 1.82) is 0 Å². The van der Waals surface area contributed by atoms with E-state index in [0.29, 0.717) is 17.2 Å². The number of hydrogen-bond acceptors (Lipinski definition) is 5. The molecule has 0 saturated carbocycles. The van der Waals surface area contributed by atoms with Crippen LogP contribution >= 0.6 is 11.3 Å². The molecule has 2 aromatic carbocycles. The number of hydrogen-bond donors (Lipinski definition) is 0. The maximum absolute atomic E-state index is 12.8. The number of aromatic nitrogens is 1. The number of nitrogens with zero attached hydrogens (tertiary/aromatic N) is 3. The SMILES string of the molecule is CCCCc1cccc(C(=O)OC2CN(C)C(=O)N2c2nc3ccccc3s2)c1. The average Bonchev–Trinajstić information content (AvgIpc) is 3.27. The van der Waals surface area contributed by atoms with Crippen LogP contribution < -0.4 is 4.90 Å². The zero-order valence-electron chi connectivity index (χ0n) is 16.5. The topological polar surface area (TPSA) is 62.7 Å². The van der Waals surface area contributed by atoms with Crippen LogP contribution in [0.1, 0.15) is 35.7 Å². The Morgan fingerprint density at radius 1 is 1.24 bits per heavy atom. The van der Waals surface area contributed by atoms with Gasteiger partial charge in [-0.25, -0.2) is 19.5 Å². The van der Waals surface area contributed by atoms with Crippen molar-refractivity contribution in [1.82, 2.24) is 9.88 Å². The van der Waals surface area contributed by atoms with Gasteiger partial charge in [0.25, 0.3) is 0 Å². The Balaban J connectivity index is 1.56. The van der Waals surface area contributed by atoms with E-state index in [0.717, 1.165) is 35.0 Å². The third kappa shape index (κ3) is 3.96. The number of amides is 2. The van der Waals surface area contributed by atoms with Gasteiger partial charge < -0.3 is 9.64 Å². The molecule has 0 aliphatic carbocycles. The lowest BCUT2D eigenvalue weighted by Crippen LogP contribution is -2.37. The Morgan fingerprint density at radius 2 is 2.07 bits per heavy atom. The smallest absolute Gasteiger partial charge is 0.340 e. The Bertz CT molecular complexity index is 1020. The first kappa shape index (κ1) is 19.4. The molecule has 0 spiro atoms. The summed E-state index contributed by atoms with van der Waals surface area (Å²) in [7, 11) is 1.70. The summed E-state index contributed by atoms with van der Waals surface area (Å²) in [6, 6.07) is 15.0. The van der Waals surface area contributed by atoms with E-state index in [9.17, 15) is 9.59 Å². The van der Waals surface area contributed by atoms with Gasteiger partial charge in [0.2, 0.25) is 6.23 Å². The average molecular weight is 410 g/mol. The molecule has 1 fully saturated rings. The molecule has 0 radical (unpaired) electrons. The van der Waals surface area contributed by atoms with E-state index >= 15 is 0 Å². The van der Waals surface area contributed by atoms with Crippen molar-refractivity contribution in [2.24, 2.45) is 0 Å². The number of para-hydroxylation sites is 1. The fraction of sp³-hybridized carbons (Fsp3) is 0.318. The first-order valence-electron chi connectivity index (χ1n) is 9.76. The van der Waals surface area contributed by atoms with Crippen LogP contribution in [0.3, 0.4) is 0 Å². The molecule has 0 N–H and O–H groups in total. The summed E-state index contributed by atoms with van der Waals surface area (Å²) >= 11 is 1.41. The van der Waals surface area contributed by atoms with E-state index in [2.05, 4.69) is 11.9 Å². The zero-order valence-corrected chi connectivity index (χ0v) is 17.3. The predicted molar refractivity (Wildman–Crippen MR) is 114 cm³/mol. The summed E-state index contributed by atoms with van der Waals surface area (Å²) in [6.45, 7) is 2.44. The molecule has 6 nitrogen and oxygen atoms in total. The minimum atomic E-state index is -0.708. The normalized spacial score (nSPS) is 16.6. The zero-order chi connectivity index (χ0) is 20.4. The van der Waals surface area contributed by atoms with Gasteiger partial charge in [0, 0.05) is 7.05 Å². The maximum Gasteiger partial charge on any atom is 0.340 e. The van der Waals surface area contributed by atoms with Crippen LogP contribution in [0.5, 0.6) is 0 Å². The lowest BCUT2D eigenvalue weighted by atomic mass is 10.1. The van der Waals surface area contributed by atoms with Crippen LogP contribution in [0.15, 0.2) is 48.5 Å². The number of carbonyl (C=O) groups is 2. The number of carbonyl (C=O) groups excluding carboxylic acids is 2.